The van der Waals surface area contributed by atoms with E-state index in [0.717, 1.165) is 0 Å². The number of amides is 6. The normalized spacial score (nSPS) is 11.8. The van der Waals surface area contributed by atoms with Crippen molar-refractivity contribution in [2.24, 2.45) is 0 Å². The van der Waals surface area contributed by atoms with Gasteiger partial charge < -0.3 is 51.2 Å². The predicted molar refractivity (Wildman–Crippen MR) is 170 cm³/mol. The lowest BCUT2D eigenvalue weighted by molar-refractivity contribution is -0.143. The maximum atomic E-state index is 13.4. The summed E-state index contributed by atoms with van der Waals surface area (Å²) in [5, 5.41) is 31.0. The molecular formula is C26H41BrCl2N6O12. The van der Waals surface area contributed by atoms with Crippen molar-refractivity contribution in [1.29, 1.82) is 0 Å². The van der Waals surface area contributed by atoms with Gasteiger partial charge in [0.05, 0.1) is 25.2 Å². The van der Waals surface area contributed by atoms with Crippen molar-refractivity contribution in [3.05, 3.63) is 0 Å². The average Bonchev–Trinajstić information content (AvgIpc) is 3.04. The largest absolute Gasteiger partial charge is 0.481 e. The number of halogens is 3. The molecule has 1 unspecified atom stereocenters. The van der Waals surface area contributed by atoms with Crippen LogP contribution in [0.25, 0.3) is 0 Å². The lowest BCUT2D eigenvalue weighted by Gasteiger charge is -2.28. The summed E-state index contributed by atoms with van der Waals surface area (Å²) in [6, 6.07) is -2.83. The van der Waals surface area contributed by atoms with Crippen LogP contribution in [0.1, 0.15) is 25.7 Å². The van der Waals surface area contributed by atoms with Gasteiger partial charge in [-0.05, 0) is 12.8 Å². The number of carbonyl (C=O) groups excluding carboxylic acids is 6. The molecule has 0 aliphatic carbocycles. The van der Waals surface area contributed by atoms with E-state index in [-0.39, 0.29) is 88.4 Å². The van der Waals surface area contributed by atoms with E-state index in [4.69, 9.17) is 37.8 Å². The summed E-state index contributed by atoms with van der Waals surface area (Å²) in [6.07, 6.45) is -1.63. The quantitative estimate of drug-likeness (QED) is 0.0345. The van der Waals surface area contributed by atoms with E-state index < -0.39 is 73.0 Å². The smallest absolute Gasteiger partial charge is 0.326 e. The molecule has 18 nitrogen and oxygen atoms in total. The molecule has 0 saturated heterocycles. The Bertz CT molecular complexity index is 1040. The van der Waals surface area contributed by atoms with Crippen molar-refractivity contribution in [3.63, 3.8) is 0 Å². The number of carboxylic acids is 2. The van der Waals surface area contributed by atoms with Crippen molar-refractivity contribution in [2.75, 3.05) is 76.2 Å². The first-order valence-corrected chi connectivity index (χ1v) is 16.5. The van der Waals surface area contributed by atoms with Crippen LogP contribution in [0.15, 0.2) is 0 Å². The molecule has 0 aliphatic rings. The van der Waals surface area contributed by atoms with Crippen LogP contribution in [-0.4, -0.2) is 151 Å². The molecule has 268 valence electrons. The second kappa shape index (κ2) is 26.8. The first-order chi connectivity index (χ1) is 22.3. The van der Waals surface area contributed by atoms with Crippen LogP contribution in [0.5, 0.6) is 0 Å². The van der Waals surface area contributed by atoms with Gasteiger partial charge in [0, 0.05) is 45.6 Å². The fraction of sp³-hybridized carbons (Fsp3) is 0.692. The third kappa shape index (κ3) is 22.8. The third-order valence-corrected chi connectivity index (χ3v) is 6.83. The number of hydrogen-bond donors (Lipinski definition) is 7. The number of aliphatic carboxylic acids is 2. The minimum Gasteiger partial charge on any atom is -0.481 e. The topological polar surface area (TPSA) is 259 Å². The van der Waals surface area contributed by atoms with Crippen molar-refractivity contribution >= 4 is 86.5 Å². The van der Waals surface area contributed by atoms with Gasteiger partial charge in [0.1, 0.15) is 30.5 Å². The highest BCUT2D eigenvalue weighted by Gasteiger charge is 2.28. The van der Waals surface area contributed by atoms with Gasteiger partial charge in [-0.3, -0.25) is 33.6 Å². The van der Waals surface area contributed by atoms with Gasteiger partial charge in [0.2, 0.25) is 35.4 Å². The Morgan fingerprint density at radius 3 is 1.72 bits per heavy atom. The monoisotopic (exact) mass is 778 g/mol. The summed E-state index contributed by atoms with van der Waals surface area (Å²) in [5.74, 6) is -6.80. The van der Waals surface area contributed by atoms with E-state index in [1.807, 2.05) is 0 Å². The number of nitrogens with one attached hydrogen (secondary N) is 5. The summed E-state index contributed by atoms with van der Waals surface area (Å²) in [6.45, 7) is -0.0688. The van der Waals surface area contributed by atoms with Gasteiger partial charge in [0.25, 0.3) is 0 Å². The van der Waals surface area contributed by atoms with Crippen LogP contribution >= 0.6 is 39.1 Å². The van der Waals surface area contributed by atoms with Gasteiger partial charge >= 0.3 is 11.9 Å². The van der Waals surface area contributed by atoms with Crippen LogP contribution in [-0.2, 0) is 47.8 Å². The summed E-state index contributed by atoms with van der Waals surface area (Å²) < 4.78 is 10.4. The molecule has 0 aliphatic heterocycles. The Morgan fingerprint density at radius 1 is 0.660 bits per heavy atom. The Labute approximate surface area is 289 Å². The molecule has 0 fully saturated rings. The van der Waals surface area contributed by atoms with Crippen molar-refractivity contribution in [2.45, 2.75) is 37.8 Å². The number of carboxylic acid groups (broad SMARTS) is 2. The summed E-state index contributed by atoms with van der Waals surface area (Å²) in [4.78, 5) is 96.5. The fourth-order valence-electron chi connectivity index (χ4n) is 3.56. The number of carbonyl (C=O) groups is 8. The second-order valence-electron chi connectivity index (χ2n) is 9.49. The highest BCUT2D eigenvalue weighted by atomic mass is 79.9. The lowest BCUT2D eigenvalue weighted by atomic mass is 10.1. The number of ether oxygens (including phenoxy) is 2. The Hall–Kier alpha value is -3.26. The number of hydrogen-bond acceptors (Lipinski definition) is 10. The molecule has 0 rings (SSSR count). The molecule has 0 aromatic carbocycles. The molecule has 21 heteroatoms. The highest BCUT2D eigenvalue weighted by molar-refractivity contribution is 9.09. The predicted octanol–water partition coefficient (Wildman–Crippen LogP) is -2.23. The zero-order valence-corrected chi connectivity index (χ0v) is 28.6. The van der Waals surface area contributed by atoms with Gasteiger partial charge in [-0.15, -0.1) is 23.2 Å². The van der Waals surface area contributed by atoms with Gasteiger partial charge in [-0.1, -0.05) is 15.9 Å². The molecule has 2 atom stereocenters. The Kier molecular flexibility index (Phi) is 24.9. The summed E-state index contributed by atoms with van der Waals surface area (Å²) in [7, 11) is 0. The van der Waals surface area contributed by atoms with E-state index in [0.29, 0.717) is 0 Å². The first kappa shape index (κ1) is 43.7. The second-order valence-corrected chi connectivity index (χ2v) is 10.6. The Balaban J connectivity index is 5.09. The maximum Gasteiger partial charge on any atom is 0.326 e. The standard InChI is InChI=1S/C26H41BrCl2N6O12/c27-13-20(37)32-7-10-46-11-12-47-16-23(40)34-18(26(44)45)1-3-19(36)33-17(2-4-24(41)42)25(43)35(8-5-30-21(38)14-28)9-6-31-22(39)15-29/h17-18H,1-16H2,(H,30,38)(H,31,39)(H,32,37)(H,33,36)(H,34,40)(H,41,42)(H,44,45)/t17?,18-/m0/s1. The molecular weight excluding hydrogens is 739 g/mol. The molecule has 0 spiro atoms. The van der Waals surface area contributed by atoms with Crippen molar-refractivity contribution in [3.8, 4) is 0 Å². The average molecular weight is 780 g/mol. The zero-order valence-electron chi connectivity index (χ0n) is 25.5. The van der Waals surface area contributed by atoms with E-state index in [1.165, 1.54) is 4.90 Å². The van der Waals surface area contributed by atoms with Gasteiger partial charge in [0.15, 0.2) is 0 Å². The van der Waals surface area contributed by atoms with Crippen LogP contribution in [0.4, 0.5) is 0 Å². The molecule has 7 N–H and O–H groups in total. The fourth-order valence-corrected chi connectivity index (χ4v) is 3.95. The summed E-state index contributed by atoms with van der Waals surface area (Å²) >= 11 is 13.9. The van der Waals surface area contributed by atoms with Gasteiger partial charge in [-0.2, -0.15) is 0 Å². The SMILES string of the molecule is O=C(O)CCC(NC(=O)CC[C@H](NC(=O)COCCOCCNC(=O)CBr)C(=O)O)C(=O)N(CCNC(=O)CCl)CCNC(=O)CCl. The molecule has 0 heterocycles. The number of rotatable bonds is 27. The van der Waals surface area contributed by atoms with Crippen molar-refractivity contribution in [1.82, 2.24) is 31.5 Å². The maximum absolute atomic E-state index is 13.4. The number of alkyl halides is 3. The minimum atomic E-state index is -1.48. The minimum absolute atomic E-state index is 0.0148. The van der Waals surface area contributed by atoms with Crippen LogP contribution in [0, 0.1) is 0 Å². The molecule has 47 heavy (non-hydrogen) atoms. The van der Waals surface area contributed by atoms with Crippen LogP contribution in [0.3, 0.4) is 0 Å². The Morgan fingerprint density at radius 2 is 1.19 bits per heavy atom. The lowest BCUT2D eigenvalue weighted by Crippen LogP contribution is -2.52. The molecule has 0 radical (unpaired) electrons. The molecule has 0 saturated carbocycles. The molecule has 6 amide bonds. The van der Waals surface area contributed by atoms with E-state index in [2.05, 4.69) is 42.5 Å². The van der Waals surface area contributed by atoms with E-state index in [1.54, 1.807) is 0 Å². The number of nitrogens with zero attached hydrogens (tertiary/aromatic N) is 1. The molecule has 0 aromatic heterocycles. The first-order valence-electron chi connectivity index (χ1n) is 14.3. The van der Waals surface area contributed by atoms with E-state index >= 15 is 0 Å². The van der Waals surface area contributed by atoms with Crippen molar-refractivity contribution < 1.29 is 58.0 Å². The zero-order chi connectivity index (χ0) is 35.6. The van der Waals surface area contributed by atoms with Crippen LogP contribution in [0.2, 0.25) is 0 Å². The van der Waals surface area contributed by atoms with Crippen LogP contribution < -0.4 is 26.6 Å². The van der Waals surface area contributed by atoms with E-state index in [9.17, 15) is 43.5 Å². The molecule has 0 bridgehead atoms. The van der Waals surface area contributed by atoms with Gasteiger partial charge in [-0.25, -0.2) is 4.79 Å². The third-order valence-electron chi connectivity index (χ3n) is 5.83. The highest BCUT2D eigenvalue weighted by Crippen LogP contribution is 2.06. The molecule has 0 aromatic rings. The summed E-state index contributed by atoms with van der Waals surface area (Å²) in [5.41, 5.74) is 0.